The maximum atomic E-state index is 12.5. The third-order valence-electron chi connectivity index (χ3n) is 4.16. The SMILES string of the molecule is CC(Oc1ccccc1)C(=O)N1CCC(Oc2ncccc2Cl)CC1. The van der Waals surface area contributed by atoms with Gasteiger partial charge in [0.25, 0.3) is 5.91 Å². The number of carbonyl (C=O) groups excluding carboxylic acids is 1. The summed E-state index contributed by atoms with van der Waals surface area (Å²) in [5, 5.41) is 0.505. The Labute approximate surface area is 152 Å². The van der Waals surface area contributed by atoms with Crippen molar-refractivity contribution in [2.24, 2.45) is 0 Å². The molecule has 1 amide bonds. The van der Waals surface area contributed by atoms with E-state index in [1.807, 2.05) is 35.2 Å². The normalized spacial score (nSPS) is 16.3. The third-order valence-corrected chi connectivity index (χ3v) is 4.45. The van der Waals surface area contributed by atoms with E-state index in [2.05, 4.69) is 4.98 Å². The molecule has 5 nitrogen and oxygen atoms in total. The Bertz CT molecular complexity index is 703. The van der Waals surface area contributed by atoms with Gasteiger partial charge in [-0.15, -0.1) is 0 Å². The number of hydrogen-bond acceptors (Lipinski definition) is 4. The van der Waals surface area contributed by atoms with Gasteiger partial charge in [0.1, 0.15) is 16.9 Å². The first-order valence-corrected chi connectivity index (χ1v) is 8.79. The average molecular weight is 361 g/mol. The molecule has 3 rings (SSSR count). The predicted molar refractivity (Wildman–Crippen MR) is 96.0 cm³/mol. The lowest BCUT2D eigenvalue weighted by atomic mass is 10.1. The van der Waals surface area contributed by atoms with Crippen LogP contribution < -0.4 is 9.47 Å². The first kappa shape index (κ1) is 17.5. The number of benzene rings is 1. The van der Waals surface area contributed by atoms with Crippen molar-refractivity contribution in [3.05, 3.63) is 53.7 Å². The van der Waals surface area contributed by atoms with Gasteiger partial charge in [0, 0.05) is 32.1 Å². The summed E-state index contributed by atoms with van der Waals surface area (Å²) >= 11 is 6.07. The summed E-state index contributed by atoms with van der Waals surface area (Å²) in [7, 11) is 0. The molecule has 25 heavy (non-hydrogen) atoms. The van der Waals surface area contributed by atoms with Gasteiger partial charge < -0.3 is 14.4 Å². The van der Waals surface area contributed by atoms with Crippen molar-refractivity contribution in [3.8, 4) is 11.6 Å². The van der Waals surface area contributed by atoms with Crippen LogP contribution in [0.4, 0.5) is 0 Å². The second-order valence-electron chi connectivity index (χ2n) is 6.01. The summed E-state index contributed by atoms with van der Waals surface area (Å²) in [5.41, 5.74) is 0. The molecule has 1 fully saturated rings. The zero-order valence-corrected chi connectivity index (χ0v) is 14.9. The highest BCUT2D eigenvalue weighted by molar-refractivity contribution is 6.31. The van der Waals surface area contributed by atoms with Crippen molar-refractivity contribution in [3.63, 3.8) is 0 Å². The van der Waals surface area contributed by atoms with Crippen molar-refractivity contribution in [2.45, 2.75) is 32.0 Å². The van der Waals surface area contributed by atoms with Crippen LogP contribution >= 0.6 is 11.6 Å². The molecule has 6 heteroatoms. The van der Waals surface area contributed by atoms with Crippen LogP contribution in [-0.2, 0) is 4.79 Å². The van der Waals surface area contributed by atoms with E-state index >= 15 is 0 Å². The smallest absolute Gasteiger partial charge is 0.263 e. The molecule has 1 aromatic heterocycles. The van der Waals surface area contributed by atoms with E-state index in [0.717, 1.165) is 12.8 Å². The number of halogens is 1. The fraction of sp³-hybridized carbons (Fsp3) is 0.368. The molecule has 2 aromatic rings. The Kier molecular flexibility index (Phi) is 5.76. The molecule has 0 aliphatic carbocycles. The van der Waals surface area contributed by atoms with Crippen LogP contribution in [0.15, 0.2) is 48.7 Å². The number of hydrogen-bond donors (Lipinski definition) is 0. The molecule has 1 aliphatic heterocycles. The molecule has 1 saturated heterocycles. The topological polar surface area (TPSA) is 51.7 Å². The first-order chi connectivity index (χ1) is 12.1. The van der Waals surface area contributed by atoms with Crippen LogP contribution in [-0.4, -0.2) is 41.1 Å². The average Bonchev–Trinajstić information content (AvgIpc) is 2.64. The summed E-state index contributed by atoms with van der Waals surface area (Å²) in [5.74, 6) is 1.15. The van der Waals surface area contributed by atoms with Crippen molar-refractivity contribution in [1.29, 1.82) is 0 Å². The van der Waals surface area contributed by atoms with E-state index in [-0.39, 0.29) is 12.0 Å². The van der Waals surface area contributed by atoms with Gasteiger partial charge in [-0.2, -0.15) is 0 Å². The summed E-state index contributed by atoms with van der Waals surface area (Å²) in [6.45, 7) is 3.05. The minimum atomic E-state index is -0.509. The van der Waals surface area contributed by atoms with Gasteiger partial charge in [-0.3, -0.25) is 4.79 Å². The molecule has 2 heterocycles. The monoisotopic (exact) mass is 360 g/mol. The standard InChI is InChI=1S/C19H21ClN2O3/c1-14(24-15-6-3-2-4-7-15)19(23)22-12-9-16(10-13-22)25-18-17(20)8-5-11-21-18/h2-8,11,14,16H,9-10,12-13H2,1H3. The van der Waals surface area contributed by atoms with Gasteiger partial charge in [0.15, 0.2) is 6.10 Å². The van der Waals surface area contributed by atoms with Crippen LogP contribution in [0.25, 0.3) is 0 Å². The van der Waals surface area contributed by atoms with E-state index < -0.39 is 6.10 Å². The van der Waals surface area contributed by atoms with Gasteiger partial charge in [0.05, 0.1) is 0 Å². The number of ether oxygens (including phenoxy) is 2. The fourth-order valence-electron chi connectivity index (χ4n) is 2.82. The Hall–Kier alpha value is -2.27. The third kappa shape index (κ3) is 4.63. The van der Waals surface area contributed by atoms with Gasteiger partial charge in [-0.05, 0) is 31.2 Å². The summed E-state index contributed by atoms with van der Waals surface area (Å²) in [6.07, 6.45) is 2.66. The van der Waals surface area contributed by atoms with Gasteiger partial charge in [-0.1, -0.05) is 29.8 Å². The van der Waals surface area contributed by atoms with Crippen molar-refractivity contribution >= 4 is 17.5 Å². The van der Waals surface area contributed by atoms with Crippen molar-refractivity contribution in [2.75, 3.05) is 13.1 Å². The van der Waals surface area contributed by atoms with E-state index in [1.165, 1.54) is 0 Å². The lowest BCUT2D eigenvalue weighted by Crippen LogP contribution is -2.46. The van der Waals surface area contributed by atoms with E-state index in [1.54, 1.807) is 25.3 Å². The molecule has 0 saturated carbocycles. The second kappa shape index (κ2) is 8.21. The Morgan fingerprint density at radius 1 is 1.20 bits per heavy atom. The number of pyridine rings is 1. The number of rotatable bonds is 5. The Balaban J connectivity index is 1.50. The Morgan fingerprint density at radius 2 is 1.92 bits per heavy atom. The van der Waals surface area contributed by atoms with Crippen LogP contribution in [0.3, 0.4) is 0 Å². The summed E-state index contributed by atoms with van der Waals surface area (Å²) < 4.78 is 11.6. The van der Waals surface area contributed by atoms with Crippen molar-refractivity contribution in [1.82, 2.24) is 9.88 Å². The molecular weight excluding hydrogens is 340 g/mol. The maximum Gasteiger partial charge on any atom is 0.263 e. The lowest BCUT2D eigenvalue weighted by molar-refractivity contribution is -0.139. The predicted octanol–water partition coefficient (Wildman–Crippen LogP) is 3.57. The molecule has 1 aliphatic rings. The number of amides is 1. The van der Waals surface area contributed by atoms with Gasteiger partial charge >= 0.3 is 0 Å². The summed E-state index contributed by atoms with van der Waals surface area (Å²) in [6, 6.07) is 12.9. The highest BCUT2D eigenvalue weighted by Crippen LogP contribution is 2.24. The zero-order valence-electron chi connectivity index (χ0n) is 14.1. The van der Waals surface area contributed by atoms with Crippen LogP contribution in [0.5, 0.6) is 11.6 Å². The highest BCUT2D eigenvalue weighted by Gasteiger charge is 2.28. The zero-order chi connectivity index (χ0) is 17.6. The van der Waals surface area contributed by atoms with Crippen LogP contribution in [0.1, 0.15) is 19.8 Å². The van der Waals surface area contributed by atoms with Crippen LogP contribution in [0, 0.1) is 0 Å². The van der Waals surface area contributed by atoms with E-state index in [0.29, 0.717) is 29.7 Å². The molecule has 0 radical (unpaired) electrons. The maximum absolute atomic E-state index is 12.5. The molecule has 0 spiro atoms. The second-order valence-corrected chi connectivity index (χ2v) is 6.41. The highest BCUT2D eigenvalue weighted by atomic mass is 35.5. The fourth-order valence-corrected chi connectivity index (χ4v) is 2.99. The molecule has 0 N–H and O–H groups in total. The van der Waals surface area contributed by atoms with Gasteiger partial charge in [0.2, 0.25) is 5.88 Å². The first-order valence-electron chi connectivity index (χ1n) is 8.41. The van der Waals surface area contributed by atoms with Crippen LogP contribution in [0.2, 0.25) is 5.02 Å². The minimum Gasteiger partial charge on any atom is -0.481 e. The number of nitrogens with zero attached hydrogens (tertiary/aromatic N) is 2. The van der Waals surface area contributed by atoms with E-state index in [4.69, 9.17) is 21.1 Å². The quantitative estimate of drug-likeness (QED) is 0.817. The number of piperidine rings is 1. The lowest BCUT2D eigenvalue weighted by Gasteiger charge is -2.33. The number of likely N-dealkylation sites (tertiary alicyclic amines) is 1. The van der Waals surface area contributed by atoms with Crippen molar-refractivity contribution < 1.29 is 14.3 Å². The summed E-state index contributed by atoms with van der Waals surface area (Å²) in [4.78, 5) is 18.5. The molecular formula is C19H21ClN2O3. The molecule has 1 aromatic carbocycles. The molecule has 1 atom stereocenters. The largest absolute Gasteiger partial charge is 0.481 e. The van der Waals surface area contributed by atoms with Gasteiger partial charge in [-0.25, -0.2) is 4.98 Å². The number of carbonyl (C=O) groups is 1. The minimum absolute atomic E-state index is 0.00169. The molecule has 0 bridgehead atoms. The molecule has 1 unspecified atom stereocenters. The number of para-hydroxylation sites is 1. The van der Waals surface area contributed by atoms with E-state index in [9.17, 15) is 4.79 Å². The Morgan fingerprint density at radius 3 is 2.60 bits per heavy atom. The molecule has 132 valence electrons. The number of aromatic nitrogens is 1.